The van der Waals surface area contributed by atoms with E-state index in [1.807, 2.05) is 24.3 Å². The van der Waals surface area contributed by atoms with Crippen LogP contribution in [0.4, 0.5) is 10.1 Å². The van der Waals surface area contributed by atoms with Gasteiger partial charge in [0.2, 0.25) is 0 Å². The summed E-state index contributed by atoms with van der Waals surface area (Å²) in [6.07, 6.45) is 1.72. The van der Waals surface area contributed by atoms with Crippen LogP contribution in [0.1, 0.15) is 22.3 Å². The van der Waals surface area contributed by atoms with Gasteiger partial charge in [-0.1, -0.05) is 12.1 Å². The number of amidine groups is 1. The van der Waals surface area contributed by atoms with E-state index in [1.165, 1.54) is 24.3 Å². The Labute approximate surface area is 139 Å². The van der Waals surface area contributed by atoms with Crippen LogP contribution in [0.3, 0.4) is 0 Å². The smallest absolute Gasteiger partial charge is 0.282 e. The van der Waals surface area contributed by atoms with E-state index in [0.717, 1.165) is 18.4 Å². The zero-order valence-corrected chi connectivity index (χ0v) is 13.0. The maximum atomic E-state index is 12.9. The lowest BCUT2D eigenvalue weighted by molar-refractivity contribution is 0.102. The van der Waals surface area contributed by atoms with Gasteiger partial charge in [-0.15, -0.1) is 0 Å². The zero-order chi connectivity index (χ0) is 16.9. The lowest BCUT2D eigenvalue weighted by Gasteiger charge is -2.08. The Hall–Kier alpha value is -2.89. The molecule has 0 spiro atoms. The number of carbonyl (C=O) groups excluding carboxylic acids is 1. The van der Waals surface area contributed by atoms with Crippen LogP contribution in [0.2, 0.25) is 0 Å². The molecule has 1 heterocycles. The number of amides is 1. The van der Waals surface area contributed by atoms with Gasteiger partial charge in [-0.2, -0.15) is 0 Å². The summed E-state index contributed by atoms with van der Waals surface area (Å²) in [7, 11) is 0. The molecule has 5 nitrogen and oxygen atoms in total. The molecule has 2 aromatic rings. The van der Waals surface area contributed by atoms with Crippen LogP contribution in [0, 0.1) is 5.82 Å². The van der Waals surface area contributed by atoms with Crippen molar-refractivity contribution in [2.75, 3.05) is 11.9 Å². The second-order valence-corrected chi connectivity index (χ2v) is 5.63. The number of ether oxygens (including phenoxy) is 1. The van der Waals surface area contributed by atoms with E-state index in [4.69, 9.17) is 10.5 Å². The summed E-state index contributed by atoms with van der Waals surface area (Å²) in [5.74, 6) is -0.634. The summed E-state index contributed by atoms with van der Waals surface area (Å²) in [6, 6.07) is 13.4. The van der Waals surface area contributed by atoms with E-state index >= 15 is 0 Å². The van der Waals surface area contributed by atoms with Gasteiger partial charge in [-0.25, -0.2) is 9.38 Å². The predicted molar refractivity (Wildman–Crippen MR) is 90.5 cm³/mol. The highest BCUT2D eigenvalue weighted by Gasteiger charge is 2.16. The first-order chi connectivity index (χ1) is 11.6. The Morgan fingerprint density at radius 2 is 1.92 bits per heavy atom. The van der Waals surface area contributed by atoms with Gasteiger partial charge in [0, 0.05) is 11.3 Å². The van der Waals surface area contributed by atoms with Gasteiger partial charge in [0.15, 0.2) is 0 Å². The summed E-state index contributed by atoms with van der Waals surface area (Å²) in [5.41, 5.74) is 7.74. The summed E-state index contributed by atoms with van der Waals surface area (Å²) < 4.78 is 18.0. The molecule has 6 heteroatoms. The number of halogens is 1. The fraction of sp³-hybridized carbons (Fsp3) is 0.222. The quantitative estimate of drug-likeness (QED) is 0.886. The first kappa shape index (κ1) is 16.0. The number of rotatable bonds is 5. The molecule has 2 aromatic carbocycles. The fourth-order valence-corrected chi connectivity index (χ4v) is 2.48. The number of aryl methyl sites for hydroxylation is 1. The molecule has 1 aliphatic rings. The second-order valence-electron chi connectivity index (χ2n) is 5.63. The van der Waals surface area contributed by atoms with Crippen LogP contribution in [0.25, 0.3) is 0 Å². The van der Waals surface area contributed by atoms with Crippen LogP contribution in [0.15, 0.2) is 53.5 Å². The minimum absolute atomic E-state index is 0.114. The summed E-state index contributed by atoms with van der Waals surface area (Å²) in [4.78, 5) is 16.3. The predicted octanol–water partition coefficient (Wildman–Crippen LogP) is 2.72. The molecule has 0 saturated carbocycles. The van der Waals surface area contributed by atoms with Crippen LogP contribution < -0.4 is 11.1 Å². The number of aliphatic imine (C=N–C) groups is 1. The molecule has 0 fully saturated rings. The average Bonchev–Trinajstić information content (AvgIpc) is 3.00. The molecule has 0 radical (unpaired) electrons. The molecule has 0 aromatic heterocycles. The van der Waals surface area contributed by atoms with Gasteiger partial charge < -0.3 is 15.8 Å². The highest BCUT2D eigenvalue weighted by atomic mass is 19.1. The third-order valence-electron chi connectivity index (χ3n) is 3.82. The van der Waals surface area contributed by atoms with E-state index in [-0.39, 0.29) is 23.8 Å². The number of hydrogen-bond donors (Lipinski definition) is 2. The van der Waals surface area contributed by atoms with Crippen molar-refractivity contribution in [1.29, 1.82) is 0 Å². The van der Waals surface area contributed by atoms with Gasteiger partial charge >= 0.3 is 0 Å². The third kappa shape index (κ3) is 4.10. The highest BCUT2D eigenvalue weighted by Crippen LogP contribution is 2.15. The van der Waals surface area contributed by atoms with Crippen molar-refractivity contribution in [3.8, 4) is 0 Å². The molecule has 3 N–H and O–H groups in total. The van der Waals surface area contributed by atoms with E-state index < -0.39 is 0 Å². The monoisotopic (exact) mass is 327 g/mol. The molecule has 3 rings (SSSR count). The van der Waals surface area contributed by atoms with E-state index in [0.29, 0.717) is 17.9 Å². The highest BCUT2D eigenvalue weighted by molar-refractivity contribution is 6.04. The number of carbonyl (C=O) groups is 1. The normalized spacial score (nSPS) is 16.4. The van der Waals surface area contributed by atoms with Crippen LogP contribution in [-0.4, -0.2) is 24.6 Å². The third-order valence-corrected chi connectivity index (χ3v) is 3.82. The Bertz CT molecular complexity index is 742. The number of nitrogens with one attached hydrogen (secondary N) is 1. The van der Waals surface area contributed by atoms with Crippen molar-refractivity contribution in [1.82, 2.24) is 0 Å². The first-order valence-electron chi connectivity index (χ1n) is 7.72. The van der Waals surface area contributed by atoms with Gasteiger partial charge in [-0.05, 0) is 54.8 Å². The maximum Gasteiger partial charge on any atom is 0.282 e. The average molecular weight is 327 g/mol. The Morgan fingerprint density at radius 3 is 2.54 bits per heavy atom. The minimum atomic E-state index is -0.366. The van der Waals surface area contributed by atoms with E-state index in [9.17, 15) is 9.18 Å². The number of nitrogens with zero attached hydrogens (tertiary/aromatic N) is 1. The number of anilines is 1. The standard InChI is InChI=1S/C18H18FN3O2/c19-14-6-4-13(5-7-14)17(23)21-15-8-1-12(2-9-15)3-10-16-11-24-18(20)22-16/h1-2,4-9,16H,3,10-11H2,(H2,20,22)(H,21,23)/t16-/m0/s1. The lowest BCUT2D eigenvalue weighted by Crippen LogP contribution is -2.12. The SMILES string of the molecule is NC1=N[C@@H](CCc2ccc(NC(=O)c3ccc(F)cc3)cc2)CO1. The van der Waals surface area contributed by atoms with Gasteiger partial charge in [-0.3, -0.25) is 4.79 Å². The summed E-state index contributed by atoms with van der Waals surface area (Å²) >= 11 is 0. The Kier molecular flexibility index (Phi) is 4.74. The largest absolute Gasteiger partial charge is 0.463 e. The van der Waals surface area contributed by atoms with Gasteiger partial charge in [0.25, 0.3) is 11.9 Å². The molecule has 0 bridgehead atoms. The molecule has 0 aliphatic carbocycles. The zero-order valence-electron chi connectivity index (χ0n) is 13.0. The Balaban J connectivity index is 1.54. The molecule has 124 valence electrons. The molecule has 0 saturated heterocycles. The molecule has 24 heavy (non-hydrogen) atoms. The summed E-state index contributed by atoms with van der Waals surface area (Å²) in [5, 5.41) is 2.79. The van der Waals surface area contributed by atoms with Crippen molar-refractivity contribution in [3.05, 3.63) is 65.5 Å². The van der Waals surface area contributed by atoms with E-state index in [1.54, 1.807) is 0 Å². The van der Waals surface area contributed by atoms with Crippen molar-refractivity contribution >= 4 is 17.6 Å². The molecule has 0 unspecified atom stereocenters. The van der Waals surface area contributed by atoms with Crippen molar-refractivity contribution < 1.29 is 13.9 Å². The van der Waals surface area contributed by atoms with Gasteiger partial charge in [0.1, 0.15) is 12.4 Å². The van der Waals surface area contributed by atoms with Crippen molar-refractivity contribution in [2.24, 2.45) is 10.7 Å². The van der Waals surface area contributed by atoms with Gasteiger partial charge in [0.05, 0.1) is 6.04 Å². The van der Waals surface area contributed by atoms with Crippen LogP contribution in [-0.2, 0) is 11.2 Å². The topological polar surface area (TPSA) is 76.7 Å². The molecular weight excluding hydrogens is 309 g/mol. The van der Waals surface area contributed by atoms with Crippen molar-refractivity contribution in [2.45, 2.75) is 18.9 Å². The fourth-order valence-electron chi connectivity index (χ4n) is 2.48. The van der Waals surface area contributed by atoms with E-state index in [2.05, 4.69) is 10.3 Å². The number of benzene rings is 2. The molecule has 1 atom stereocenters. The molecule has 1 aliphatic heterocycles. The second kappa shape index (κ2) is 7.12. The molecular formula is C18H18FN3O2. The lowest BCUT2D eigenvalue weighted by atomic mass is 10.1. The number of hydrogen-bond acceptors (Lipinski definition) is 4. The first-order valence-corrected chi connectivity index (χ1v) is 7.72. The van der Waals surface area contributed by atoms with Crippen LogP contribution in [0.5, 0.6) is 0 Å². The minimum Gasteiger partial charge on any atom is -0.463 e. The number of nitrogens with two attached hydrogens (primary N) is 1. The Morgan fingerprint density at radius 1 is 1.21 bits per heavy atom. The van der Waals surface area contributed by atoms with Crippen LogP contribution >= 0.6 is 0 Å². The van der Waals surface area contributed by atoms with Crippen molar-refractivity contribution in [3.63, 3.8) is 0 Å². The molecule has 1 amide bonds. The summed E-state index contributed by atoms with van der Waals surface area (Å²) in [6.45, 7) is 0.539. The maximum absolute atomic E-state index is 12.9.